The van der Waals surface area contributed by atoms with Crippen molar-refractivity contribution < 1.29 is 4.39 Å². The zero-order chi connectivity index (χ0) is 13.8. The number of halogens is 2. The fraction of sp³-hybridized carbons (Fsp3) is 0.600. The molecule has 1 aromatic carbocycles. The van der Waals surface area contributed by atoms with Gasteiger partial charge in [0.25, 0.3) is 0 Å². The van der Waals surface area contributed by atoms with Gasteiger partial charge in [0.15, 0.2) is 0 Å². The van der Waals surface area contributed by atoms with Gasteiger partial charge in [0.1, 0.15) is 5.82 Å². The zero-order valence-electron chi connectivity index (χ0n) is 11.4. The Balaban J connectivity index is 2.06. The maximum atomic E-state index is 13.3. The van der Waals surface area contributed by atoms with E-state index in [9.17, 15) is 4.39 Å². The molecule has 19 heavy (non-hydrogen) atoms. The molecule has 4 heteroatoms. The van der Waals surface area contributed by atoms with Gasteiger partial charge in [-0.15, -0.1) is 0 Å². The molecule has 2 unspecified atom stereocenters. The van der Waals surface area contributed by atoms with Crippen LogP contribution in [0.25, 0.3) is 0 Å². The van der Waals surface area contributed by atoms with Crippen molar-refractivity contribution in [3.8, 4) is 0 Å². The van der Waals surface area contributed by atoms with Crippen LogP contribution in [0.3, 0.4) is 0 Å². The smallest absolute Gasteiger partial charge is 0.123 e. The Kier molecular flexibility index (Phi) is 5.37. The van der Waals surface area contributed by atoms with Gasteiger partial charge < -0.3 is 5.73 Å². The highest BCUT2D eigenvalue weighted by Gasteiger charge is 2.27. The van der Waals surface area contributed by atoms with Gasteiger partial charge in [-0.25, -0.2) is 4.39 Å². The van der Waals surface area contributed by atoms with Crippen molar-refractivity contribution in [3.05, 3.63) is 34.1 Å². The largest absolute Gasteiger partial charge is 0.330 e. The molecule has 0 aromatic heterocycles. The summed E-state index contributed by atoms with van der Waals surface area (Å²) in [6.07, 6.45) is 4.98. The van der Waals surface area contributed by atoms with E-state index in [-0.39, 0.29) is 5.82 Å². The molecule has 0 aliphatic heterocycles. The molecule has 0 amide bonds. The first-order chi connectivity index (χ1) is 9.11. The molecule has 1 aliphatic rings. The number of nitrogens with two attached hydrogens (primary N) is 1. The Morgan fingerprint density at radius 1 is 1.37 bits per heavy atom. The molecular weight excluding hydrogens is 307 g/mol. The Morgan fingerprint density at radius 2 is 2.11 bits per heavy atom. The number of hydrogen-bond donors (Lipinski definition) is 1. The predicted octanol–water partition coefficient (Wildman–Crippen LogP) is 3.54. The molecule has 0 bridgehead atoms. The standard InChI is InChI=1S/C15H22BrFN2/c1-19(15-5-3-2-4-11(15)9-18)10-12-8-13(17)6-7-14(12)16/h6-8,11,15H,2-5,9-10,18H2,1H3. The summed E-state index contributed by atoms with van der Waals surface area (Å²) in [6, 6.07) is 5.39. The highest BCUT2D eigenvalue weighted by molar-refractivity contribution is 9.10. The minimum atomic E-state index is -0.175. The Labute approximate surface area is 123 Å². The van der Waals surface area contributed by atoms with Crippen LogP contribution in [0.4, 0.5) is 4.39 Å². The van der Waals surface area contributed by atoms with Crippen molar-refractivity contribution in [1.82, 2.24) is 4.90 Å². The van der Waals surface area contributed by atoms with E-state index in [2.05, 4.69) is 27.9 Å². The molecule has 2 nitrogen and oxygen atoms in total. The van der Waals surface area contributed by atoms with Gasteiger partial charge in [0, 0.05) is 17.1 Å². The second-order valence-corrected chi connectivity index (χ2v) is 6.35. The maximum Gasteiger partial charge on any atom is 0.123 e. The first kappa shape index (κ1) is 14.9. The van der Waals surface area contributed by atoms with Crippen LogP contribution in [0.15, 0.2) is 22.7 Å². The van der Waals surface area contributed by atoms with Crippen LogP contribution >= 0.6 is 15.9 Å². The second-order valence-electron chi connectivity index (χ2n) is 5.50. The van der Waals surface area contributed by atoms with Gasteiger partial charge in [-0.05, 0) is 56.1 Å². The van der Waals surface area contributed by atoms with Crippen molar-refractivity contribution >= 4 is 15.9 Å². The average Bonchev–Trinajstić information content (AvgIpc) is 2.42. The molecule has 1 saturated carbocycles. The molecule has 0 saturated heterocycles. The van der Waals surface area contributed by atoms with Crippen molar-refractivity contribution in [2.75, 3.05) is 13.6 Å². The van der Waals surface area contributed by atoms with Gasteiger partial charge in [-0.3, -0.25) is 4.90 Å². The summed E-state index contributed by atoms with van der Waals surface area (Å²) in [4.78, 5) is 2.33. The SMILES string of the molecule is CN(Cc1cc(F)ccc1Br)C1CCCCC1CN. The first-order valence-corrected chi connectivity index (χ1v) is 7.75. The van der Waals surface area contributed by atoms with Crippen LogP contribution in [0.2, 0.25) is 0 Å². The van der Waals surface area contributed by atoms with E-state index in [1.165, 1.54) is 31.7 Å². The van der Waals surface area contributed by atoms with Crippen LogP contribution in [0.5, 0.6) is 0 Å². The lowest BCUT2D eigenvalue weighted by Gasteiger charge is -2.37. The first-order valence-electron chi connectivity index (χ1n) is 6.96. The number of nitrogens with zero attached hydrogens (tertiary/aromatic N) is 1. The average molecular weight is 329 g/mol. The van der Waals surface area contributed by atoms with Crippen LogP contribution in [-0.4, -0.2) is 24.5 Å². The zero-order valence-corrected chi connectivity index (χ0v) is 13.0. The molecule has 2 N–H and O–H groups in total. The topological polar surface area (TPSA) is 29.3 Å². The van der Waals surface area contributed by atoms with Gasteiger partial charge in [0.05, 0.1) is 0 Å². The molecule has 1 fully saturated rings. The fourth-order valence-corrected chi connectivity index (χ4v) is 3.47. The molecule has 0 spiro atoms. The van der Waals surface area contributed by atoms with E-state index >= 15 is 0 Å². The minimum Gasteiger partial charge on any atom is -0.330 e. The lowest BCUT2D eigenvalue weighted by Crippen LogP contribution is -2.42. The van der Waals surface area contributed by atoms with E-state index in [4.69, 9.17) is 5.73 Å². The molecular formula is C15H22BrFN2. The lowest BCUT2D eigenvalue weighted by atomic mass is 9.83. The molecule has 2 rings (SSSR count). The molecule has 1 aromatic rings. The number of hydrogen-bond acceptors (Lipinski definition) is 2. The van der Waals surface area contributed by atoms with E-state index in [1.807, 2.05) is 0 Å². The highest BCUT2D eigenvalue weighted by Crippen LogP contribution is 2.29. The molecule has 1 aliphatic carbocycles. The highest BCUT2D eigenvalue weighted by atomic mass is 79.9. The summed E-state index contributed by atoms with van der Waals surface area (Å²) in [5, 5.41) is 0. The monoisotopic (exact) mass is 328 g/mol. The maximum absolute atomic E-state index is 13.3. The van der Waals surface area contributed by atoms with Crippen LogP contribution in [0.1, 0.15) is 31.2 Å². The quantitative estimate of drug-likeness (QED) is 0.915. The third-order valence-corrected chi connectivity index (χ3v) is 4.94. The van der Waals surface area contributed by atoms with E-state index < -0.39 is 0 Å². The van der Waals surface area contributed by atoms with Crippen LogP contribution < -0.4 is 5.73 Å². The van der Waals surface area contributed by atoms with Crippen molar-refractivity contribution in [2.24, 2.45) is 11.7 Å². The van der Waals surface area contributed by atoms with Gasteiger partial charge in [-0.1, -0.05) is 28.8 Å². The van der Waals surface area contributed by atoms with E-state index in [1.54, 1.807) is 12.1 Å². The Hall–Kier alpha value is -0.450. The fourth-order valence-electron chi connectivity index (χ4n) is 3.09. The summed E-state index contributed by atoms with van der Waals surface area (Å²) in [6.45, 7) is 1.51. The molecule has 106 valence electrons. The normalized spacial score (nSPS) is 23.8. The van der Waals surface area contributed by atoms with Crippen LogP contribution in [-0.2, 0) is 6.54 Å². The summed E-state index contributed by atoms with van der Waals surface area (Å²) in [7, 11) is 2.12. The van der Waals surface area contributed by atoms with E-state index in [0.717, 1.165) is 23.1 Å². The van der Waals surface area contributed by atoms with Crippen molar-refractivity contribution in [3.63, 3.8) is 0 Å². The Bertz CT molecular complexity index is 425. The summed E-state index contributed by atoms with van der Waals surface area (Å²) < 4.78 is 14.3. The second kappa shape index (κ2) is 6.82. The van der Waals surface area contributed by atoms with Gasteiger partial charge in [-0.2, -0.15) is 0 Å². The van der Waals surface area contributed by atoms with Gasteiger partial charge >= 0.3 is 0 Å². The van der Waals surface area contributed by atoms with Crippen molar-refractivity contribution in [1.29, 1.82) is 0 Å². The van der Waals surface area contributed by atoms with Crippen molar-refractivity contribution in [2.45, 2.75) is 38.3 Å². The third-order valence-electron chi connectivity index (χ3n) is 4.17. The van der Waals surface area contributed by atoms with E-state index in [0.29, 0.717) is 12.0 Å². The molecule has 0 radical (unpaired) electrons. The number of rotatable bonds is 4. The van der Waals surface area contributed by atoms with Gasteiger partial charge in [0.2, 0.25) is 0 Å². The lowest BCUT2D eigenvalue weighted by molar-refractivity contribution is 0.127. The molecule has 0 heterocycles. The third kappa shape index (κ3) is 3.77. The Morgan fingerprint density at radius 3 is 2.84 bits per heavy atom. The number of benzene rings is 1. The minimum absolute atomic E-state index is 0.175. The molecule has 2 atom stereocenters. The summed E-state index contributed by atoms with van der Waals surface area (Å²) in [5.74, 6) is 0.400. The summed E-state index contributed by atoms with van der Waals surface area (Å²) >= 11 is 3.50. The summed E-state index contributed by atoms with van der Waals surface area (Å²) in [5.41, 5.74) is 6.89. The predicted molar refractivity (Wildman–Crippen MR) is 80.4 cm³/mol. The van der Waals surface area contributed by atoms with Crippen LogP contribution in [0, 0.1) is 11.7 Å².